The average Bonchev–Trinajstić information content (AvgIpc) is 3.06. The van der Waals surface area contributed by atoms with Crippen molar-refractivity contribution in [2.45, 2.75) is 30.4 Å². The zero-order valence-corrected chi connectivity index (χ0v) is 15.2. The van der Waals surface area contributed by atoms with Crippen molar-refractivity contribution in [1.29, 1.82) is 0 Å². The van der Waals surface area contributed by atoms with E-state index in [4.69, 9.17) is 20.8 Å². The maximum absolute atomic E-state index is 12.9. The van der Waals surface area contributed by atoms with Crippen molar-refractivity contribution < 1.29 is 13.5 Å². The molecule has 25 heavy (non-hydrogen) atoms. The summed E-state index contributed by atoms with van der Waals surface area (Å²) in [6.45, 7) is 3.82. The van der Waals surface area contributed by atoms with Gasteiger partial charge in [-0.3, -0.25) is 0 Å². The van der Waals surface area contributed by atoms with Gasteiger partial charge in [-0.2, -0.15) is 0 Å². The standard InChI is InChI=1S/C18H16ClFN2O2S/c1-11(23-14-9-7-13(20)8-10-14)17-21-22-18(24-17)25-12(2)15-5-3-4-6-16(15)19/h3-12H,1-2H3. The number of hydrogen-bond acceptors (Lipinski definition) is 5. The van der Waals surface area contributed by atoms with E-state index in [1.807, 2.05) is 31.2 Å². The van der Waals surface area contributed by atoms with Crippen molar-refractivity contribution in [2.24, 2.45) is 0 Å². The fraction of sp³-hybridized carbons (Fsp3) is 0.222. The lowest BCUT2D eigenvalue weighted by atomic mass is 10.2. The molecule has 0 bridgehead atoms. The molecule has 130 valence electrons. The predicted molar refractivity (Wildman–Crippen MR) is 95.5 cm³/mol. The summed E-state index contributed by atoms with van der Waals surface area (Å²) in [5.74, 6) is 0.578. The molecule has 0 N–H and O–H groups in total. The first-order valence-corrected chi connectivity index (χ1v) is 8.95. The molecular formula is C18H16ClFN2O2S. The molecular weight excluding hydrogens is 363 g/mol. The molecule has 2 atom stereocenters. The normalized spacial score (nSPS) is 13.4. The molecule has 0 aliphatic carbocycles. The van der Waals surface area contributed by atoms with Crippen molar-refractivity contribution in [2.75, 3.05) is 0 Å². The van der Waals surface area contributed by atoms with Crippen LogP contribution in [0.1, 0.15) is 36.7 Å². The molecule has 2 aromatic carbocycles. The molecule has 3 aromatic rings. The summed E-state index contributed by atoms with van der Waals surface area (Å²) in [6, 6.07) is 13.4. The quantitative estimate of drug-likeness (QED) is 0.503. The molecule has 0 saturated heterocycles. The van der Waals surface area contributed by atoms with Gasteiger partial charge >= 0.3 is 0 Å². The van der Waals surface area contributed by atoms with Crippen molar-refractivity contribution in [3.8, 4) is 5.75 Å². The molecule has 4 nitrogen and oxygen atoms in total. The fourth-order valence-electron chi connectivity index (χ4n) is 2.22. The number of ether oxygens (including phenoxy) is 1. The average molecular weight is 379 g/mol. The lowest BCUT2D eigenvalue weighted by Crippen LogP contribution is -2.03. The Morgan fingerprint density at radius 2 is 1.80 bits per heavy atom. The fourth-order valence-corrected chi connectivity index (χ4v) is 3.44. The molecule has 0 radical (unpaired) electrons. The monoisotopic (exact) mass is 378 g/mol. The topological polar surface area (TPSA) is 48.2 Å². The zero-order valence-electron chi connectivity index (χ0n) is 13.6. The molecule has 2 unspecified atom stereocenters. The van der Waals surface area contributed by atoms with Crippen LogP contribution in [0.3, 0.4) is 0 Å². The second-order valence-corrected chi connectivity index (χ2v) is 7.10. The van der Waals surface area contributed by atoms with Gasteiger partial charge in [-0.1, -0.05) is 41.6 Å². The Balaban J connectivity index is 1.65. The Bertz CT molecular complexity index is 841. The Kier molecular flexibility index (Phi) is 5.60. The van der Waals surface area contributed by atoms with Gasteiger partial charge in [0.2, 0.25) is 0 Å². The van der Waals surface area contributed by atoms with Crippen molar-refractivity contribution in [3.63, 3.8) is 0 Å². The van der Waals surface area contributed by atoms with Gasteiger partial charge in [0.1, 0.15) is 11.6 Å². The van der Waals surface area contributed by atoms with Crippen molar-refractivity contribution in [1.82, 2.24) is 10.2 Å². The molecule has 0 saturated carbocycles. The minimum absolute atomic E-state index is 0.0651. The third-order valence-electron chi connectivity index (χ3n) is 3.52. The largest absolute Gasteiger partial charge is 0.481 e. The summed E-state index contributed by atoms with van der Waals surface area (Å²) >= 11 is 7.64. The van der Waals surface area contributed by atoms with E-state index in [2.05, 4.69) is 10.2 Å². The van der Waals surface area contributed by atoms with Crippen LogP contribution in [0.15, 0.2) is 58.2 Å². The zero-order chi connectivity index (χ0) is 17.8. The van der Waals surface area contributed by atoms with Crippen LogP contribution in [0.2, 0.25) is 5.02 Å². The lowest BCUT2D eigenvalue weighted by Gasteiger charge is -2.11. The van der Waals surface area contributed by atoms with E-state index < -0.39 is 6.10 Å². The highest BCUT2D eigenvalue weighted by atomic mass is 35.5. The summed E-state index contributed by atoms with van der Waals surface area (Å²) < 4.78 is 24.3. The molecule has 1 heterocycles. The predicted octanol–water partition coefficient (Wildman–Crippen LogP) is 5.86. The van der Waals surface area contributed by atoms with E-state index in [0.717, 1.165) is 5.56 Å². The summed E-state index contributed by atoms with van der Waals surface area (Å²) in [4.78, 5) is 0. The van der Waals surface area contributed by atoms with Crippen LogP contribution >= 0.6 is 23.4 Å². The SMILES string of the molecule is CC(Oc1ccc(F)cc1)c1nnc(SC(C)c2ccccc2Cl)o1. The van der Waals surface area contributed by atoms with Crippen molar-refractivity contribution >= 4 is 23.4 Å². The highest BCUT2D eigenvalue weighted by Crippen LogP contribution is 2.37. The van der Waals surface area contributed by atoms with Gasteiger partial charge in [-0.05, 0) is 49.7 Å². The third-order valence-corrected chi connectivity index (χ3v) is 4.84. The molecule has 0 spiro atoms. The minimum Gasteiger partial charge on any atom is -0.481 e. The van der Waals surface area contributed by atoms with Crippen molar-refractivity contribution in [3.05, 3.63) is 70.8 Å². The van der Waals surface area contributed by atoms with Crippen LogP contribution in [0.25, 0.3) is 0 Å². The third kappa shape index (κ3) is 4.52. The van der Waals surface area contributed by atoms with E-state index in [0.29, 0.717) is 21.9 Å². The van der Waals surface area contributed by atoms with Crippen LogP contribution in [0.4, 0.5) is 4.39 Å². The second kappa shape index (κ2) is 7.89. The number of aromatic nitrogens is 2. The first-order valence-electron chi connectivity index (χ1n) is 7.69. The first kappa shape index (κ1) is 17.8. The van der Waals surface area contributed by atoms with Crippen LogP contribution in [0, 0.1) is 5.82 Å². The molecule has 0 aliphatic rings. The maximum atomic E-state index is 12.9. The van der Waals surface area contributed by atoms with Crippen LogP contribution in [0.5, 0.6) is 5.75 Å². The molecule has 0 aliphatic heterocycles. The Labute approximate surface area is 154 Å². The van der Waals surface area contributed by atoms with Gasteiger partial charge < -0.3 is 9.15 Å². The van der Waals surface area contributed by atoms with E-state index in [1.54, 1.807) is 19.1 Å². The second-order valence-electron chi connectivity index (χ2n) is 5.40. The van der Waals surface area contributed by atoms with E-state index in [-0.39, 0.29) is 11.1 Å². The molecule has 1 aromatic heterocycles. The van der Waals surface area contributed by atoms with Crippen LogP contribution in [-0.4, -0.2) is 10.2 Å². The van der Waals surface area contributed by atoms with Gasteiger partial charge in [-0.25, -0.2) is 4.39 Å². The van der Waals surface area contributed by atoms with E-state index in [1.165, 1.54) is 23.9 Å². The van der Waals surface area contributed by atoms with E-state index in [9.17, 15) is 4.39 Å². The van der Waals surface area contributed by atoms with Crippen LogP contribution in [-0.2, 0) is 0 Å². The number of halogens is 2. The summed E-state index contributed by atoms with van der Waals surface area (Å²) in [6.07, 6.45) is -0.442. The smallest absolute Gasteiger partial charge is 0.277 e. The Hall–Kier alpha value is -2.05. The van der Waals surface area contributed by atoms with Crippen LogP contribution < -0.4 is 4.74 Å². The number of benzene rings is 2. The van der Waals surface area contributed by atoms with Gasteiger partial charge in [0, 0.05) is 10.3 Å². The number of rotatable bonds is 6. The first-order chi connectivity index (χ1) is 12.0. The highest BCUT2D eigenvalue weighted by Gasteiger charge is 2.19. The highest BCUT2D eigenvalue weighted by molar-refractivity contribution is 7.99. The molecule has 7 heteroatoms. The summed E-state index contributed by atoms with van der Waals surface area (Å²) in [5, 5.41) is 9.29. The maximum Gasteiger partial charge on any atom is 0.277 e. The van der Waals surface area contributed by atoms with Gasteiger partial charge in [0.15, 0.2) is 6.10 Å². The summed E-state index contributed by atoms with van der Waals surface area (Å²) in [7, 11) is 0. The minimum atomic E-state index is -0.442. The lowest BCUT2D eigenvalue weighted by molar-refractivity contribution is 0.181. The van der Waals surface area contributed by atoms with Gasteiger partial charge in [0.05, 0.1) is 0 Å². The number of thioether (sulfide) groups is 1. The summed E-state index contributed by atoms with van der Waals surface area (Å²) in [5.41, 5.74) is 1.00. The van der Waals surface area contributed by atoms with Gasteiger partial charge in [-0.15, -0.1) is 10.2 Å². The number of nitrogens with zero attached hydrogens (tertiary/aromatic N) is 2. The molecule has 0 amide bonds. The Morgan fingerprint density at radius 1 is 1.08 bits per heavy atom. The Morgan fingerprint density at radius 3 is 2.52 bits per heavy atom. The molecule has 3 rings (SSSR count). The van der Waals surface area contributed by atoms with Gasteiger partial charge in [0.25, 0.3) is 11.1 Å². The van der Waals surface area contributed by atoms with E-state index >= 15 is 0 Å². The number of hydrogen-bond donors (Lipinski definition) is 0. The molecule has 0 fully saturated rings.